The molecule has 6 heteroatoms. The number of anilines is 1. The minimum atomic E-state index is -0.233. The van der Waals surface area contributed by atoms with E-state index in [2.05, 4.69) is 21.2 Å². The van der Waals surface area contributed by atoms with Crippen LogP contribution in [0.5, 0.6) is 11.5 Å². The number of methoxy groups -OCH3 is 2. The molecule has 0 aliphatic carbocycles. The van der Waals surface area contributed by atoms with E-state index in [1.54, 1.807) is 32.4 Å². The van der Waals surface area contributed by atoms with Gasteiger partial charge in [-0.25, -0.2) is 0 Å². The van der Waals surface area contributed by atoms with E-state index in [0.29, 0.717) is 17.2 Å². The number of benzene rings is 2. The van der Waals surface area contributed by atoms with Gasteiger partial charge in [-0.1, -0.05) is 15.9 Å². The van der Waals surface area contributed by atoms with Crippen molar-refractivity contribution >= 4 is 39.3 Å². The second-order valence-electron chi connectivity index (χ2n) is 4.77. The summed E-state index contributed by atoms with van der Waals surface area (Å²) >= 11 is 4.90. The largest absolute Gasteiger partial charge is 0.497 e. The van der Waals surface area contributed by atoms with E-state index in [-0.39, 0.29) is 11.2 Å². The normalized spacial score (nSPS) is 11.7. The molecule has 0 heterocycles. The fourth-order valence-electron chi connectivity index (χ4n) is 1.91. The van der Waals surface area contributed by atoms with Gasteiger partial charge in [0.05, 0.1) is 25.2 Å². The van der Waals surface area contributed by atoms with Gasteiger partial charge in [-0.05, 0) is 43.3 Å². The van der Waals surface area contributed by atoms with Crippen molar-refractivity contribution in [3.05, 3.63) is 46.9 Å². The van der Waals surface area contributed by atoms with Gasteiger partial charge in [0.2, 0.25) is 5.91 Å². The SMILES string of the molecule is COc1ccc(NC(=O)C(C)Sc2ccc(Br)cc2)c(OC)c1. The van der Waals surface area contributed by atoms with Gasteiger partial charge in [0.1, 0.15) is 11.5 Å². The minimum absolute atomic E-state index is 0.0821. The van der Waals surface area contributed by atoms with Crippen molar-refractivity contribution in [1.82, 2.24) is 0 Å². The molecule has 1 unspecified atom stereocenters. The summed E-state index contributed by atoms with van der Waals surface area (Å²) in [5.74, 6) is 1.16. The number of halogens is 1. The maximum absolute atomic E-state index is 12.4. The van der Waals surface area contributed by atoms with Crippen LogP contribution in [0.1, 0.15) is 6.92 Å². The average Bonchev–Trinajstić information content (AvgIpc) is 2.57. The van der Waals surface area contributed by atoms with Gasteiger partial charge in [-0.15, -0.1) is 11.8 Å². The van der Waals surface area contributed by atoms with Crippen LogP contribution in [0.15, 0.2) is 51.8 Å². The van der Waals surface area contributed by atoms with Crippen LogP contribution < -0.4 is 14.8 Å². The number of hydrogen-bond acceptors (Lipinski definition) is 4. The summed E-state index contributed by atoms with van der Waals surface area (Å²) < 4.78 is 11.5. The summed E-state index contributed by atoms with van der Waals surface area (Å²) in [5, 5.41) is 2.66. The van der Waals surface area contributed by atoms with Crippen molar-refractivity contribution in [1.29, 1.82) is 0 Å². The molecule has 2 aromatic carbocycles. The Hall–Kier alpha value is -1.66. The van der Waals surface area contributed by atoms with Crippen molar-refractivity contribution in [2.24, 2.45) is 0 Å². The predicted molar refractivity (Wildman–Crippen MR) is 97.6 cm³/mol. The molecule has 0 fully saturated rings. The van der Waals surface area contributed by atoms with E-state index < -0.39 is 0 Å². The van der Waals surface area contributed by atoms with Gasteiger partial charge in [-0.3, -0.25) is 4.79 Å². The van der Waals surface area contributed by atoms with Crippen LogP contribution in [-0.2, 0) is 4.79 Å². The number of hydrogen-bond donors (Lipinski definition) is 1. The van der Waals surface area contributed by atoms with Crippen LogP contribution in [0.25, 0.3) is 0 Å². The van der Waals surface area contributed by atoms with Gasteiger partial charge in [-0.2, -0.15) is 0 Å². The Labute approximate surface area is 148 Å². The first kappa shape index (κ1) is 17.7. The van der Waals surface area contributed by atoms with Crippen molar-refractivity contribution in [3.8, 4) is 11.5 Å². The first-order valence-electron chi connectivity index (χ1n) is 6.98. The van der Waals surface area contributed by atoms with Gasteiger partial charge in [0.15, 0.2) is 0 Å². The molecule has 0 saturated heterocycles. The van der Waals surface area contributed by atoms with E-state index in [1.807, 2.05) is 31.2 Å². The van der Waals surface area contributed by atoms with Gasteiger partial charge >= 0.3 is 0 Å². The Balaban J connectivity index is 2.04. The fourth-order valence-corrected chi connectivity index (χ4v) is 3.04. The summed E-state index contributed by atoms with van der Waals surface area (Å²) in [4.78, 5) is 13.4. The monoisotopic (exact) mass is 395 g/mol. The third kappa shape index (κ3) is 4.91. The molecule has 0 spiro atoms. The molecule has 2 aromatic rings. The van der Waals surface area contributed by atoms with Gasteiger partial charge in [0, 0.05) is 15.4 Å². The molecule has 122 valence electrons. The number of carbonyl (C=O) groups excluding carboxylic acids is 1. The first-order valence-corrected chi connectivity index (χ1v) is 8.66. The zero-order valence-corrected chi connectivity index (χ0v) is 15.5. The standard InChI is InChI=1S/C17H18BrNO3S/c1-11(23-14-7-4-12(18)5-8-14)17(20)19-15-9-6-13(21-2)10-16(15)22-3/h4-11H,1-3H3,(H,19,20). The quantitative estimate of drug-likeness (QED) is 0.726. The highest BCUT2D eigenvalue weighted by Gasteiger charge is 2.16. The van der Waals surface area contributed by atoms with Crippen LogP contribution >= 0.6 is 27.7 Å². The molecule has 0 aliphatic rings. The van der Waals surface area contributed by atoms with E-state index in [0.717, 1.165) is 9.37 Å². The molecule has 0 aliphatic heterocycles. The van der Waals surface area contributed by atoms with Gasteiger partial charge in [0.25, 0.3) is 0 Å². The van der Waals surface area contributed by atoms with Crippen LogP contribution in [0.3, 0.4) is 0 Å². The minimum Gasteiger partial charge on any atom is -0.497 e. The third-order valence-electron chi connectivity index (χ3n) is 3.16. The van der Waals surface area contributed by atoms with Gasteiger partial charge < -0.3 is 14.8 Å². The van der Waals surface area contributed by atoms with E-state index in [9.17, 15) is 4.79 Å². The fraction of sp³-hybridized carbons (Fsp3) is 0.235. The highest BCUT2D eigenvalue weighted by Crippen LogP contribution is 2.31. The summed E-state index contributed by atoms with van der Waals surface area (Å²) in [6, 6.07) is 13.2. The Morgan fingerprint density at radius 1 is 1.13 bits per heavy atom. The third-order valence-corrected chi connectivity index (χ3v) is 4.80. The second kappa shape index (κ2) is 8.26. The Bertz CT molecular complexity index is 676. The molecule has 0 saturated carbocycles. The predicted octanol–water partition coefficient (Wildman–Crippen LogP) is 4.59. The number of nitrogens with one attached hydrogen (secondary N) is 1. The van der Waals surface area contributed by atoms with Crippen molar-refractivity contribution in [2.75, 3.05) is 19.5 Å². The number of ether oxygens (including phenoxy) is 2. The lowest BCUT2D eigenvalue weighted by Gasteiger charge is -2.15. The van der Waals surface area contributed by atoms with Crippen LogP contribution in [0.4, 0.5) is 5.69 Å². The van der Waals surface area contributed by atoms with Crippen LogP contribution in [0, 0.1) is 0 Å². The summed E-state index contributed by atoms with van der Waals surface area (Å²) in [6.45, 7) is 1.87. The van der Waals surface area contributed by atoms with E-state index in [4.69, 9.17) is 9.47 Å². The van der Waals surface area contributed by atoms with Crippen LogP contribution in [0.2, 0.25) is 0 Å². The van der Waals surface area contributed by atoms with Crippen molar-refractivity contribution in [2.45, 2.75) is 17.1 Å². The molecule has 4 nitrogen and oxygen atoms in total. The molecule has 1 N–H and O–H groups in total. The average molecular weight is 396 g/mol. The Morgan fingerprint density at radius 3 is 2.43 bits per heavy atom. The first-order chi connectivity index (χ1) is 11.0. The number of amides is 1. The summed E-state index contributed by atoms with van der Waals surface area (Å²) in [7, 11) is 3.15. The molecule has 1 amide bonds. The molecule has 1 atom stereocenters. The van der Waals surface area contributed by atoms with Crippen LogP contribution in [-0.4, -0.2) is 25.4 Å². The zero-order valence-electron chi connectivity index (χ0n) is 13.1. The smallest absolute Gasteiger partial charge is 0.237 e. The van der Waals surface area contributed by atoms with E-state index in [1.165, 1.54) is 11.8 Å². The maximum Gasteiger partial charge on any atom is 0.237 e. The lowest BCUT2D eigenvalue weighted by atomic mass is 10.2. The topological polar surface area (TPSA) is 47.6 Å². The molecular weight excluding hydrogens is 378 g/mol. The maximum atomic E-state index is 12.4. The highest BCUT2D eigenvalue weighted by atomic mass is 79.9. The second-order valence-corrected chi connectivity index (χ2v) is 7.10. The molecule has 23 heavy (non-hydrogen) atoms. The molecular formula is C17H18BrNO3S. The number of rotatable bonds is 6. The number of thioether (sulfide) groups is 1. The van der Waals surface area contributed by atoms with E-state index >= 15 is 0 Å². The lowest BCUT2D eigenvalue weighted by molar-refractivity contribution is -0.115. The molecule has 0 aromatic heterocycles. The number of carbonyl (C=O) groups is 1. The molecule has 0 radical (unpaired) electrons. The Morgan fingerprint density at radius 2 is 1.83 bits per heavy atom. The Kier molecular flexibility index (Phi) is 6.36. The molecule has 2 rings (SSSR count). The summed E-state index contributed by atoms with van der Waals surface area (Å²) in [5.41, 5.74) is 0.626. The highest BCUT2D eigenvalue weighted by molar-refractivity contribution is 9.10. The van der Waals surface area contributed by atoms with Crippen molar-refractivity contribution in [3.63, 3.8) is 0 Å². The molecule has 0 bridgehead atoms. The lowest BCUT2D eigenvalue weighted by Crippen LogP contribution is -2.22. The zero-order chi connectivity index (χ0) is 16.8. The summed E-state index contributed by atoms with van der Waals surface area (Å²) in [6.07, 6.45) is 0. The van der Waals surface area contributed by atoms with Crippen molar-refractivity contribution < 1.29 is 14.3 Å².